The summed E-state index contributed by atoms with van der Waals surface area (Å²) in [5.74, 6) is -0.479. The molecule has 0 fully saturated rings. The maximum atomic E-state index is 10.8. The van der Waals surface area contributed by atoms with E-state index in [9.17, 15) is 4.79 Å². The first-order chi connectivity index (χ1) is 8.21. The highest BCUT2D eigenvalue weighted by molar-refractivity contribution is 5.90. The molecule has 1 aromatic carbocycles. The highest BCUT2D eigenvalue weighted by atomic mass is 16.4. The molecule has 0 aliphatic rings. The van der Waals surface area contributed by atoms with E-state index in [4.69, 9.17) is 10.8 Å². The maximum Gasteiger partial charge on any atom is 0.335 e. The zero-order chi connectivity index (χ0) is 13.9. The molecule has 1 aromatic rings. The smallest absolute Gasteiger partial charge is 0.335 e. The summed E-state index contributed by atoms with van der Waals surface area (Å²) in [7, 11) is 0. The number of carboxylic acid groups (broad SMARTS) is 1. The molecule has 0 spiro atoms. The van der Waals surface area contributed by atoms with Crippen LogP contribution in [0, 0.1) is 11.3 Å². The van der Waals surface area contributed by atoms with E-state index in [1.54, 1.807) is 12.1 Å². The van der Waals surface area contributed by atoms with Crippen LogP contribution in [-0.2, 0) is 0 Å². The van der Waals surface area contributed by atoms with Gasteiger partial charge in [0.2, 0.25) is 0 Å². The van der Waals surface area contributed by atoms with Crippen LogP contribution in [0.4, 0.5) is 11.4 Å². The number of nitrogens with one attached hydrogen (secondary N) is 1. The van der Waals surface area contributed by atoms with Crippen molar-refractivity contribution < 1.29 is 9.90 Å². The molecule has 0 saturated heterocycles. The zero-order valence-electron chi connectivity index (χ0n) is 11.4. The van der Waals surface area contributed by atoms with Gasteiger partial charge in [-0.2, -0.15) is 0 Å². The predicted octanol–water partition coefficient (Wildman–Crippen LogP) is 3.06. The third kappa shape index (κ3) is 3.65. The Hall–Kier alpha value is -1.71. The molecule has 0 bridgehead atoms. The third-order valence-corrected chi connectivity index (χ3v) is 3.38. The quantitative estimate of drug-likeness (QED) is 0.718. The van der Waals surface area contributed by atoms with Crippen molar-refractivity contribution in [2.45, 2.75) is 27.7 Å². The lowest BCUT2D eigenvalue weighted by Crippen LogP contribution is -2.25. The molecule has 0 aliphatic carbocycles. The molecule has 1 unspecified atom stereocenters. The van der Waals surface area contributed by atoms with Crippen molar-refractivity contribution in [3.8, 4) is 0 Å². The number of carbonyl (C=O) groups is 1. The SMILES string of the molecule is CC(CNc1ccc(C(=O)O)cc1N)C(C)(C)C. The first kappa shape index (κ1) is 14.4. The normalized spacial score (nSPS) is 13.1. The number of nitrogen functional groups attached to an aromatic ring is 1. The van der Waals surface area contributed by atoms with Crippen LogP contribution >= 0.6 is 0 Å². The fourth-order valence-electron chi connectivity index (χ4n) is 1.43. The molecule has 100 valence electrons. The molecule has 0 radical (unpaired) electrons. The summed E-state index contributed by atoms with van der Waals surface area (Å²) in [4.78, 5) is 10.8. The first-order valence-corrected chi connectivity index (χ1v) is 6.08. The number of rotatable bonds is 4. The molecule has 0 heterocycles. The Morgan fingerprint density at radius 1 is 1.44 bits per heavy atom. The van der Waals surface area contributed by atoms with E-state index in [1.807, 2.05) is 0 Å². The highest BCUT2D eigenvalue weighted by Crippen LogP contribution is 2.27. The molecule has 0 aliphatic heterocycles. The van der Waals surface area contributed by atoms with Crippen molar-refractivity contribution in [2.75, 3.05) is 17.6 Å². The van der Waals surface area contributed by atoms with Crippen LogP contribution in [0.25, 0.3) is 0 Å². The number of hydrogen-bond donors (Lipinski definition) is 3. The summed E-state index contributed by atoms with van der Waals surface area (Å²) in [5, 5.41) is 12.1. The number of benzene rings is 1. The van der Waals surface area contributed by atoms with Gasteiger partial charge in [0.1, 0.15) is 0 Å². The molecular weight excluding hydrogens is 228 g/mol. The highest BCUT2D eigenvalue weighted by Gasteiger charge is 2.19. The minimum absolute atomic E-state index is 0.210. The standard InChI is InChI=1S/C14H22N2O2/c1-9(14(2,3)4)8-16-12-6-5-10(13(17)18)7-11(12)15/h5-7,9,16H,8,15H2,1-4H3,(H,17,18). The summed E-state index contributed by atoms with van der Waals surface area (Å²) in [5.41, 5.74) is 7.52. The van der Waals surface area contributed by atoms with E-state index in [-0.39, 0.29) is 11.0 Å². The van der Waals surface area contributed by atoms with Gasteiger partial charge in [0.05, 0.1) is 16.9 Å². The van der Waals surface area contributed by atoms with Gasteiger partial charge in [-0.05, 0) is 29.5 Å². The fraction of sp³-hybridized carbons (Fsp3) is 0.500. The van der Waals surface area contributed by atoms with Crippen molar-refractivity contribution in [3.63, 3.8) is 0 Å². The summed E-state index contributed by atoms with van der Waals surface area (Å²) < 4.78 is 0. The lowest BCUT2D eigenvalue weighted by atomic mass is 9.82. The molecule has 0 saturated carbocycles. The average Bonchev–Trinajstić information content (AvgIpc) is 2.25. The minimum Gasteiger partial charge on any atom is -0.478 e. The Bertz CT molecular complexity index is 436. The van der Waals surface area contributed by atoms with Gasteiger partial charge in [0.15, 0.2) is 0 Å². The van der Waals surface area contributed by atoms with E-state index in [2.05, 4.69) is 33.0 Å². The molecule has 4 nitrogen and oxygen atoms in total. The van der Waals surface area contributed by atoms with Crippen LogP contribution in [0.5, 0.6) is 0 Å². The van der Waals surface area contributed by atoms with Crippen molar-refractivity contribution >= 4 is 17.3 Å². The number of nitrogens with two attached hydrogens (primary N) is 1. The van der Waals surface area contributed by atoms with E-state index in [1.165, 1.54) is 6.07 Å². The average molecular weight is 250 g/mol. The Balaban J connectivity index is 2.72. The Labute approximate surface area is 108 Å². The fourth-order valence-corrected chi connectivity index (χ4v) is 1.43. The van der Waals surface area contributed by atoms with Gasteiger partial charge in [-0.1, -0.05) is 27.7 Å². The van der Waals surface area contributed by atoms with Crippen LogP contribution in [0.15, 0.2) is 18.2 Å². The van der Waals surface area contributed by atoms with Crippen molar-refractivity contribution in [1.29, 1.82) is 0 Å². The molecule has 4 N–H and O–H groups in total. The van der Waals surface area contributed by atoms with Crippen LogP contribution in [0.2, 0.25) is 0 Å². The Kier molecular flexibility index (Phi) is 4.22. The summed E-state index contributed by atoms with van der Waals surface area (Å²) in [6.07, 6.45) is 0. The first-order valence-electron chi connectivity index (χ1n) is 6.08. The van der Waals surface area contributed by atoms with Gasteiger partial charge in [-0.25, -0.2) is 4.79 Å². The summed E-state index contributed by atoms with van der Waals surface area (Å²) >= 11 is 0. The minimum atomic E-state index is -0.962. The van der Waals surface area contributed by atoms with Crippen LogP contribution < -0.4 is 11.1 Å². The molecule has 4 heteroatoms. The second-order valence-electron chi connectivity index (χ2n) is 5.76. The number of anilines is 2. The summed E-state index contributed by atoms with van der Waals surface area (Å²) in [6, 6.07) is 4.75. The second kappa shape index (κ2) is 5.29. The Morgan fingerprint density at radius 3 is 2.50 bits per heavy atom. The number of aromatic carboxylic acids is 1. The van der Waals surface area contributed by atoms with Gasteiger partial charge in [0, 0.05) is 6.54 Å². The van der Waals surface area contributed by atoms with Crippen LogP contribution in [0.1, 0.15) is 38.1 Å². The number of carboxylic acids is 1. The molecule has 18 heavy (non-hydrogen) atoms. The lowest BCUT2D eigenvalue weighted by molar-refractivity contribution is 0.0697. The van der Waals surface area contributed by atoms with Gasteiger partial charge < -0.3 is 16.2 Å². The van der Waals surface area contributed by atoms with E-state index >= 15 is 0 Å². The third-order valence-electron chi connectivity index (χ3n) is 3.38. The number of hydrogen-bond acceptors (Lipinski definition) is 3. The monoisotopic (exact) mass is 250 g/mol. The predicted molar refractivity (Wildman–Crippen MR) is 74.9 cm³/mol. The molecule has 0 aromatic heterocycles. The molecule has 1 atom stereocenters. The lowest BCUT2D eigenvalue weighted by Gasteiger charge is -2.28. The van der Waals surface area contributed by atoms with E-state index in [0.717, 1.165) is 12.2 Å². The van der Waals surface area contributed by atoms with Gasteiger partial charge in [-0.3, -0.25) is 0 Å². The summed E-state index contributed by atoms with van der Waals surface area (Å²) in [6.45, 7) is 9.55. The molecular formula is C14H22N2O2. The maximum absolute atomic E-state index is 10.8. The molecule has 0 amide bonds. The van der Waals surface area contributed by atoms with Crippen molar-refractivity contribution in [1.82, 2.24) is 0 Å². The van der Waals surface area contributed by atoms with E-state index < -0.39 is 5.97 Å². The zero-order valence-corrected chi connectivity index (χ0v) is 11.4. The largest absolute Gasteiger partial charge is 0.478 e. The topological polar surface area (TPSA) is 75.3 Å². The van der Waals surface area contributed by atoms with Crippen LogP contribution in [0.3, 0.4) is 0 Å². The Morgan fingerprint density at radius 2 is 2.06 bits per heavy atom. The van der Waals surface area contributed by atoms with Crippen molar-refractivity contribution in [3.05, 3.63) is 23.8 Å². The van der Waals surface area contributed by atoms with Gasteiger partial charge in [0.25, 0.3) is 0 Å². The molecule has 1 rings (SSSR count). The van der Waals surface area contributed by atoms with Crippen LogP contribution in [-0.4, -0.2) is 17.6 Å². The van der Waals surface area contributed by atoms with E-state index in [0.29, 0.717) is 11.6 Å². The second-order valence-corrected chi connectivity index (χ2v) is 5.76. The van der Waals surface area contributed by atoms with Gasteiger partial charge in [-0.15, -0.1) is 0 Å². The van der Waals surface area contributed by atoms with Gasteiger partial charge >= 0.3 is 5.97 Å². The van der Waals surface area contributed by atoms with Crippen molar-refractivity contribution in [2.24, 2.45) is 11.3 Å².